The number of anilines is 1. The number of aromatic nitrogens is 1. The van der Waals surface area contributed by atoms with Crippen LogP contribution in [-0.4, -0.2) is 41.5 Å². The number of nitrogens with zero attached hydrogens (tertiary/aromatic N) is 3. The zero-order valence-electron chi connectivity index (χ0n) is 10.8. The van der Waals surface area contributed by atoms with Crippen LogP contribution in [0.15, 0.2) is 12.3 Å². The lowest BCUT2D eigenvalue weighted by atomic mass is 10.0. The van der Waals surface area contributed by atoms with Crippen LogP contribution in [0.5, 0.6) is 0 Å². The molecule has 2 fully saturated rings. The van der Waals surface area contributed by atoms with Gasteiger partial charge in [0.15, 0.2) is 0 Å². The molecule has 8 nitrogen and oxygen atoms in total. The van der Waals surface area contributed by atoms with Crippen molar-refractivity contribution in [3.63, 3.8) is 0 Å². The summed E-state index contributed by atoms with van der Waals surface area (Å²) < 4.78 is 0. The van der Waals surface area contributed by atoms with Crippen LogP contribution in [0.1, 0.15) is 16.8 Å². The van der Waals surface area contributed by atoms with Crippen molar-refractivity contribution < 1.29 is 9.72 Å². The zero-order valence-corrected chi connectivity index (χ0v) is 10.8. The lowest BCUT2D eigenvalue weighted by Crippen LogP contribution is -2.36. The van der Waals surface area contributed by atoms with E-state index in [1.54, 1.807) is 0 Å². The standard InChI is InChI=1S/C12H15N5O3/c13-11(18)9-3-8(17(19)20)5-15-12(9)16-2-1-7-4-14-6-10(7)16/h3,5,7,10,14H,1-2,4,6H2,(H2,13,18)/t7-,10+/m0/s1. The summed E-state index contributed by atoms with van der Waals surface area (Å²) in [5.41, 5.74) is 5.24. The molecule has 106 valence electrons. The number of amides is 1. The molecule has 3 rings (SSSR count). The molecule has 1 amide bonds. The number of nitro groups is 1. The van der Waals surface area contributed by atoms with E-state index in [9.17, 15) is 14.9 Å². The van der Waals surface area contributed by atoms with Gasteiger partial charge < -0.3 is 16.0 Å². The van der Waals surface area contributed by atoms with Crippen LogP contribution in [0.4, 0.5) is 11.5 Å². The van der Waals surface area contributed by atoms with Gasteiger partial charge >= 0.3 is 0 Å². The number of rotatable bonds is 3. The second-order valence-electron chi connectivity index (χ2n) is 5.15. The molecule has 8 heteroatoms. The van der Waals surface area contributed by atoms with Gasteiger partial charge in [-0.2, -0.15) is 0 Å². The molecule has 2 saturated heterocycles. The molecule has 2 aliphatic heterocycles. The summed E-state index contributed by atoms with van der Waals surface area (Å²) in [5, 5.41) is 14.1. The molecule has 1 aromatic heterocycles. The SMILES string of the molecule is NC(=O)c1cc([N+](=O)[O-])cnc1N1CC[C@H]2CNC[C@H]21. The maximum atomic E-state index is 11.6. The van der Waals surface area contributed by atoms with Gasteiger partial charge in [-0.15, -0.1) is 0 Å². The first-order chi connectivity index (χ1) is 9.58. The van der Waals surface area contributed by atoms with Gasteiger partial charge in [-0.3, -0.25) is 14.9 Å². The van der Waals surface area contributed by atoms with Gasteiger partial charge in [0.05, 0.1) is 10.5 Å². The van der Waals surface area contributed by atoms with Gasteiger partial charge in [-0.05, 0) is 12.3 Å². The number of nitrogens with one attached hydrogen (secondary N) is 1. The summed E-state index contributed by atoms with van der Waals surface area (Å²) >= 11 is 0. The fourth-order valence-electron chi connectivity index (χ4n) is 3.07. The van der Waals surface area contributed by atoms with Crippen LogP contribution < -0.4 is 16.0 Å². The Labute approximate surface area is 115 Å². The van der Waals surface area contributed by atoms with Crippen molar-refractivity contribution in [1.29, 1.82) is 0 Å². The first-order valence-corrected chi connectivity index (χ1v) is 6.49. The number of hydrogen-bond donors (Lipinski definition) is 2. The minimum absolute atomic E-state index is 0.117. The monoisotopic (exact) mass is 277 g/mol. The van der Waals surface area contributed by atoms with Crippen molar-refractivity contribution in [1.82, 2.24) is 10.3 Å². The molecule has 1 aromatic rings. The average Bonchev–Trinajstić information content (AvgIpc) is 3.00. The van der Waals surface area contributed by atoms with Gasteiger partial charge in [0.2, 0.25) is 0 Å². The summed E-state index contributed by atoms with van der Waals surface area (Å²) in [5.74, 6) is 0.303. The van der Waals surface area contributed by atoms with Crippen molar-refractivity contribution in [2.75, 3.05) is 24.5 Å². The molecule has 0 aliphatic carbocycles. The van der Waals surface area contributed by atoms with E-state index in [0.717, 1.165) is 26.1 Å². The highest BCUT2D eigenvalue weighted by atomic mass is 16.6. The molecule has 3 N–H and O–H groups in total. The normalized spacial score (nSPS) is 24.7. The van der Waals surface area contributed by atoms with Crippen LogP contribution in [0.25, 0.3) is 0 Å². The van der Waals surface area contributed by atoms with Crippen molar-refractivity contribution in [3.05, 3.63) is 27.9 Å². The van der Waals surface area contributed by atoms with Crippen LogP contribution in [0, 0.1) is 16.0 Å². The third-order valence-corrected chi connectivity index (χ3v) is 4.05. The Hall–Kier alpha value is -2.22. The van der Waals surface area contributed by atoms with Gasteiger partial charge in [0.1, 0.15) is 12.0 Å². The molecule has 0 saturated carbocycles. The zero-order chi connectivity index (χ0) is 14.3. The third-order valence-electron chi connectivity index (χ3n) is 4.05. The van der Waals surface area contributed by atoms with Crippen molar-refractivity contribution in [3.8, 4) is 0 Å². The highest BCUT2D eigenvalue weighted by Gasteiger charge is 2.39. The van der Waals surface area contributed by atoms with Gasteiger partial charge in [0.25, 0.3) is 11.6 Å². The summed E-state index contributed by atoms with van der Waals surface area (Å²) in [4.78, 5) is 27.9. The Bertz CT molecular complexity index is 576. The van der Waals surface area contributed by atoms with Gasteiger partial charge in [-0.25, -0.2) is 4.98 Å². The van der Waals surface area contributed by atoms with Crippen LogP contribution >= 0.6 is 0 Å². The minimum Gasteiger partial charge on any atom is -0.365 e. The summed E-state index contributed by atoms with van der Waals surface area (Å²) in [7, 11) is 0. The van der Waals surface area contributed by atoms with Crippen LogP contribution in [0.3, 0.4) is 0 Å². The van der Waals surface area contributed by atoms with E-state index in [1.165, 1.54) is 12.3 Å². The Kier molecular flexibility index (Phi) is 3.01. The largest absolute Gasteiger partial charge is 0.365 e. The highest BCUT2D eigenvalue weighted by Crippen LogP contribution is 2.33. The highest BCUT2D eigenvalue weighted by molar-refractivity contribution is 5.98. The molecule has 0 unspecified atom stereocenters. The predicted molar refractivity (Wildman–Crippen MR) is 71.5 cm³/mol. The molecule has 2 aliphatic rings. The molecule has 0 radical (unpaired) electrons. The number of hydrogen-bond acceptors (Lipinski definition) is 6. The molecule has 2 atom stereocenters. The lowest BCUT2D eigenvalue weighted by molar-refractivity contribution is -0.385. The third kappa shape index (κ3) is 1.97. The summed E-state index contributed by atoms with van der Waals surface area (Å²) in [6, 6.07) is 1.49. The predicted octanol–water partition coefficient (Wildman–Crippen LogP) is -0.113. The number of nitrogens with two attached hydrogens (primary N) is 1. The number of pyridine rings is 1. The van der Waals surface area contributed by atoms with E-state index in [-0.39, 0.29) is 17.3 Å². The maximum absolute atomic E-state index is 11.6. The molecular weight excluding hydrogens is 262 g/mol. The van der Waals surface area contributed by atoms with Crippen molar-refractivity contribution in [2.45, 2.75) is 12.5 Å². The van der Waals surface area contributed by atoms with Crippen molar-refractivity contribution >= 4 is 17.4 Å². The second kappa shape index (κ2) is 4.71. The molecular formula is C12H15N5O3. The van der Waals surface area contributed by atoms with Gasteiger partial charge in [-0.1, -0.05) is 0 Å². The van der Waals surface area contributed by atoms with E-state index in [0.29, 0.717) is 11.7 Å². The quantitative estimate of drug-likeness (QED) is 0.588. The molecule has 3 heterocycles. The van der Waals surface area contributed by atoms with Crippen LogP contribution in [0.2, 0.25) is 0 Å². The Morgan fingerprint density at radius 1 is 1.55 bits per heavy atom. The fraction of sp³-hybridized carbons (Fsp3) is 0.500. The van der Waals surface area contributed by atoms with E-state index in [1.807, 2.05) is 4.90 Å². The fourth-order valence-corrected chi connectivity index (χ4v) is 3.07. The number of primary amides is 1. The minimum atomic E-state index is -0.689. The maximum Gasteiger partial charge on any atom is 0.288 e. The van der Waals surface area contributed by atoms with E-state index in [2.05, 4.69) is 10.3 Å². The number of carbonyl (C=O) groups is 1. The lowest BCUT2D eigenvalue weighted by Gasteiger charge is -2.25. The smallest absolute Gasteiger partial charge is 0.288 e. The van der Waals surface area contributed by atoms with E-state index >= 15 is 0 Å². The topological polar surface area (TPSA) is 114 Å². The molecule has 0 spiro atoms. The van der Waals surface area contributed by atoms with Crippen LogP contribution in [-0.2, 0) is 0 Å². The van der Waals surface area contributed by atoms with Crippen molar-refractivity contribution in [2.24, 2.45) is 11.7 Å². The molecule has 20 heavy (non-hydrogen) atoms. The second-order valence-corrected chi connectivity index (χ2v) is 5.15. The molecule has 0 aromatic carbocycles. The van der Waals surface area contributed by atoms with E-state index < -0.39 is 10.8 Å². The number of carbonyl (C=O) groups excluding carboxylic acids is 1. The average molecular weight is 277 g/mol. The first kappa shape index (κ1) is 12.8. The Morgan fingerprint density at radius 3 is 3.05 bits per heavy atom. The first-order valence-electron chi connectivity index (χ1n) is 6.49. The van der Waals surface area contributed by atoms with Gasteiger partial charge in [0, 0.05) is 31.7 Å². The number of fused-ring (bicyclic) bond motifs is 1. The molecule has 0 bridgehead atoms. The van der Waals surface area contributed by atoms with E-state index in [4.69, 9.17) is 5.73 Å². The Balaban J connectivity index is 2.00. The summed E-state index contributed by atoms with van der Waals surface area (Å²) in [6.07, 6.45) is 2.20. The Morgan fingerprint density at radius 2 is 2.35 bits per heavy atom. The summed E-state index contributed by atoms with van der Waals surface area (Å²) in [6.45, 7) is 2.59.